The number of nitrogens with zero attached hydrogens (tertiary/aromatic N) is 2. The number of rotatable bonds is 7. The smallest absolute Gasteiger partial charge is 0.262 e. The van der Waals surface area contributed by atoms with Gasteiger partial charge in [0.15, 0.2) is 6.54 Å². The number of hydrogen-bond acceptors (Lipinski definition) is 3. The van der Waals surface area contributed by atoms with Gasteiger partial charge in [-0.3, -0.25) is 4.79 Å². The molecule has 2 N–H and O–H groups in total. The van der Waals surface area contributed by atoms with E-state index in [1.165, 1.54) is 0 Å². The molecule has 1 amide bonds. The molecule has 1 atom stereocenters. The van der Waals surface area contributed by atoms with Crippen molar-refractivity contribution in [1.82, 2.24) is 9.88 Å². The number of methoxy groups -OCH3 is 1. The Balaban J connectivity index is 0.00000338. The first-order valence-electron chi connectivity index (χ1n) is 8.40. The largest absolute Gasteiger partial charge is 1.00 e. The molecule has 0 aliphatic heterocycles. The number of imidazole rings is 1. The lowest BCUT2D eigenvalue weighted by Gasteiger charge is -2.29. The van der Waals surface area contributed by atoms with Gasteiger partial charge in [-0.15, -0.1) is 0 Å². The molecule has 0 aliphatic rings. The fourth-order valence-electron chi connectivity index (χ4n) is 2.51. The van der Waals surface area contributed by atoms with E-state index in [9.17, 15) is 9.90 Å². The fourth-order valence-corrected chi connectivity index (χ4v) is 2.51. The molecular formula is C19H28ClN3O3. The minimum Gasteiger partial charge on any atom is -1.00 e. The summed E-state index contributed by atoms with van der Waals surface area (Å²) in [5.74, 6) is 0.724. The molecule has 1 heterocycles. The highest BCUT2D eigenvalue weighted by Crippen LogP contribution is 2.18. The number of carbonyl (C=O) groups excluding carboxylic acids is 1. The Morgan fingerprint density at radius 2 is 1.96 bits per heavy atom. The number of aromatic nitrogens is 2. The van der Waals surface area contributed by atoms with Crippen LogP contribution in [-0.4, -0.2) is 35.3 Å². The van der Waals surface area contributed by atoms with Crippen molar-refractivity contribution >= 4 is 5.91 Å². The van der Waals surface area contributed by atoms with Crippen molar-refractivity contribution in [3.05, 3.63) is 48.5 Å². The third-order valence-electron chi connectivity index (χ3n) is 4.16. The first kappa shape index (κ1) is 22.0. The van der Waals surface area contributed by atoms with Crippen molar-refractivity contribution in [2.75, 3.05) is 13.7 Å². The van der Waals surface area contributed by atoms with E-state index in [2.05, 4.69) is 5.32 Å². The topological polar surface area (TPSA) is 67.4 Å². The van der Waals surface area contributed by atoms with Gasteiger partial charge in [0.25, 0.3) is 5.91 Å². The van der Waals surface area contributed by atoms with E-state index in [1.807, 2.05) is 72.9 Å². The number of benzene rings is 1. The van der Waals surface area contributed by atoms with Crippen molar-refractivity contribution < 1.29 is 31.6 Å². The van der Waals surface area contributed by atoms with Crippen LogP contribution in [0.2, 0.25) is 0 Å². The Labute approximate surface area is 161 Å². The lowest BCUT2D eigenvalue weighted by Crippen LogP contribution is -3.00. The average Bonchev–Trinajstić information content (AvgIpc) is 2.99. The summed E-state index contributed by atoms with van der Waals surface area (Å²) in [5, 5.41) is 12.3. The first-order chi connectivity index (χ1) is 11.8. The minimum atomic E-state index is -0.262. The van der Waals surface area contributed by atoms with Crippen LogP contribution in [0, 0.1) is 5.41 Å². The predicted octanol–water partition coefficient (Wildman–Crippen LogP) is -1.64. The van der Waals surface area contributed by atoms with E-state index in [0.717, 1.165) is 17.9 Å². The summed E-state index contributed by atoms with van der Waals surface area (Å²) in [6.07, 6.45) is 5.70. The Morgan fingerprint density at radius 1 is 1.31 bits per heavy atom. The van der Waals surface area contributed by atoms with Crippen molar-refractivity contribution in [2.45, 2.75) is 39.9 Å². The number of ether oxygens (including phenoxy) is 1. The number of amides is 1. The van der Waals surface area contributed by atoms with Crippen molar-refractivity contribution in [2.24, 2.45) is 5.41 Å². The molecule has 0 bridgehead atoms. The normalized spacial score (nSPS) is 12.2. The molecule has 2 aromatic rings. The molecule has 26 heavy (non-hydrogen) atoms. The molecule has 0 fully saturated rings. The van der Waals surface area contributed by atoms with E-state index in [4.69, 9.17) is 4.74 Å². The van der Waals surface area contributed by atoms with Gasteiger partial charge >= 0.3 is 0 Å². The van der Waals surface area contributed by atoms with Crippen LogP contribution < -0.4 is 27.0 Å². The molecule has 0 spiro atoms. The summed E-state index contributed by atoms with van der Waals surface area (Å²) in [6, 6.07) is 7.64. The second-order valence-electron chi connectivity index (χ2n) is 7.28. The standard InChI is InChI=1S/C19H27N3O3.ClH/c1-19(2,3)17(13-23)20-18(24)12-22-10-9-21(14-22)11-15-5-7-16(25-4)8-6-15;/h5-10,14,17,23H,11-13H2,1-4H3;1H/t17-;/m1./s1. The zero-order valence-corrected chi connectivity index (χ0v) is 16.5. The highest BCUT2D eigenvalue weighted by atomic mass is 35.5. The summed E-state index contributed by atoms with van der Waals surface area (Å²) < 4.78 is 9.00. The van der Waals surface area contributed by atoms with Crippen LogP contribution in [0.15, 0.2) is 43.0 Å². The Morgan fingerprint density at radius 3 is 2.50 bits per heavy atom. The Hall–Kier alpha value is -2.05. The van der Waals surface area contributed by atoms with Gasteiger partial charge < -0.3 is 27.6 Å². The average molecular weight is 382 g/mol. The van der Waals surface area contributed by atoms with Crippen LogP contribution in [0.1, 0.15) is 26.3 Å². The van der Waals surface area contributed by atoms with Gasteiger partial charge in [0.05, 0.1) is 19.8 Å². The van der Waals surface area contributed by atoms with Gasteiger partial charge in [-0.05, 0) is 23.1 Å². The molecule has 0 saturated heterocycles. The number of carbonyl (C=O) groups is 1. The van der Waals surface area contributed by atoms with E-state index >= 15 is 0 Å². The lowest BCUT2D eigenvalue weighted by atomic mass is 9.87. The van der Waals surface area contributed by atoms with Gasteiger partial charge in [-0.2, -0.15) is 0 Å². The summed E-state index contributed by atoms with van der Waals surface area (Å²) in [6.45, 7) is 6.85. The van der Waals surface area contributed by atoms with E-state index in [1.54, 1.807) is 7.11 Å². The van der Waals surface area contributed by atoms with E-state index in [-0.39, 0.29) is 42.9 Å². The monoisotopic (exact) mass is 381 g/mol. The first-order valence-corrected chi connectivity index (χ1v) is 8.40. The third-order valence-corrected chi connectivity index (χ3v) is 4.16. The zero-order valence-electron chi connectivity index (χ0n) is 15.8. The molecule has 0 aliphatic carbocycles. The maximum Gasteiger partial charge on any atom is 0.262 e. The molecule has 144 valence electrons. The second-order valence-corrected chi connectivity index (χ2v) is 7.28. The number of aliphatic hydroxyl groups excluding tert-OH is 1. The molecule has 0 radical (unpaired) electrons. The Bertz CT molecular complexity index is 693. The molecule has 1 aromatic heterocycles. The van der Waals surface area contributed by atoms with Crippen molar-refractivity contribution in [3.63, 3.8) is 0 Å². The van der Waals surface area contributed by atoms with Crippen LogP contribution >= 0.6 is 0 Å². The van der Waals surface area contributed by atoms with Gasteiger partial charge in [-0.1, -0.05) is 32.9 Å². The SMILES string of the molecule is COc1ccc(C[n+]2ccn(CC(=O)N[C@H](CO)C(C)(C)C)c2)cc1.[Cl-]. The van der Waals surface area contributed by atoms with Gasteiger partial charge in [0.2, 0.25) is 6.33 Å². The van der Waals surface area contributed by atoms with E-state index < -0.39 is 0 Å². The Kier molecular flexibility index (Phi) is 8.11. The van der Waals surface area contributed by atoms with Gasteiger partial charge in [0, 0.05) is 0 Å². The highest BCUT2D eigenvalue weighted by molar-refractivity contribution is 5.76. The van der Waals surface area contributed by atoms with Crippen LogP contribution in [0.4, 0.5) is 0 Å². The van der Waals surface area contributed by atoms with Crippen molar-refractivity contribution in [1.29, 1.82) is 0 Å². The number of halogens is 1. The lowest BCUT2D eigenvalue weighted by molar-refractivity contribution is -0.687. The summed E-state index contributed by atoms with van der Waals surface area (Å²) in [4.78, 5) is 12.2. The third kappa shape index (κ3) is 6.35. The molecule has 6 nitrogen and oxygen atoms in total. The maximum absolute atomic E-state index is 12.2. The van der Waals surface area contributed by atoms with Crippen molar-refractivity contribution in [3.8, 4) is 5.75 Å². The van der Waals surface area contributed by atoms with Crippen LogP contribution in [0.5, 0.6) is 5.75 Å². The molecule has 0 saturated carbocycles. The molecule has 0 unspecified atom stereocenters. The maximum atomic E-state index is 12.2. The van der Waals surface area contributed by atoms with Crippen LogP contribution in [0.25, 0.3) is 0 Å². The number of nitrogens with one attached hydrogen (secondary N) is 1. The summed E-state index contributed by atoms with van der Waals surface area (Å²) in [5.41, 5.74) is 0.969. The van der Waals surface area contributed by atoms with E-state index in [0.29, 0.717) is 0 Å². The molecule has 1 aromatic carbocycles. The zero-order chi connectivity index (χ0) is 18.4. The van der Waals surface area contributed by atoms with Crippen LogP contribution in [-0.2, 0) is 17.9 Å². The fraction of sp³-hybridized carbons (Fsp3) is 0.474. The van der Waals surface area contributed by atoms with Crippen LogP contribution in [0.3, 0.4) is 0 Å². The highest BCUT2D eigenvalue weighted by Gasteiger charge is 2.26. The number of hydrogen-bond donors (Lipinski definition) is 2. The quantitative estimate of drug-likeness (QED) is 0.565. The molecule has 7 heteroatoms. The van der Waals surface area contributed by atoms with Gasteiger partial charge in [0.1, 0.15) is 24.7 Å². The number of aliphatic hydroxyl groups is 1. The second kappa shape index (κ2) is 9.59. The minimum absolute atomic E-state index is 0. The van der Waals surface area contributed by atoms with Gasteiger partial charge in [-0.25, -0.2) is 9.13 Å². The summed E-state index contributed by atoms with van der Waals surface area (Å²) in [7, 11) is 1.65. The summed E-state index contributed by atoms with van der Waals surface area (Å²) >= 11 is 0. The molecule has 2 rings (SSSR count). The predicted molar refractivity (Wildman–Crippen MR) is 95.2 cm³/mol. The molecular weight excluding hydrogens is 354 g/mol.